The van der Waals surface area contributed by atoms with Gasteiger partial charge in [0.05, 0.1) is 11.0 Å². The summed E-state index contributed by atoms with van der Waals surface area (Å²) >= 11 is 1.41. The number of carbonyl (C=O) groups is 1. The Morgan fingerprint density at radius 3 is 2.59 bits per heavy atom. The second-order valence-electron chi connectivity index (χ2n) is 5.49. The third-order valence-electron chi connectivity index (χ3n) is 3.46. The van der Waals surface area contributed by atoms with Crippen molar-refractivity contribution in [3.8, 4) is 10.4 Å². The van der Waals surface area contributed by atoms with Crippen molar-refractivity contribution in [3.05, 3.63) is 46.6 Å². The summed E-state index contributed by atoms with van der Waals surface area (Å²) in [6.45, 7) is 4.17. The first-order valence-corrected chi connectivity index (χ1v) is 8.00. The normalized spacial score (nSPS) is 12.2. The largest absolute Gasteiger partial charge is 0.393 e. The molecule has 0 bridgehead atoms. The predicted molar refractivity (Wildman–Crippen MR) is 87.7 cm³/mol. The number of carbonyl (C=O) groups excluding carboxylic acids is 1. The molecule has 22 heavy (non-hydrogen) atoms. The molecule has 1 atom stereocenters. The summed E-state index contributed by atoms with van der Waals surface area (Å²) in [7, 11) is 1.73. The van der Waals surface area contributed by atoms with Crippen LogP contribution in [-0.2, 0) is 0 Å². The molecule has 118 valence electrons. The number of amides is 1. The first-order valence-electron chi connectivity index (χ1n) is 7.18. The van der Waals surface area contributed by atoms with Crippen LogP contribution in [0.5, 0.6) is 0 Å². The molecule has 0 aliphatic carbocycles. The van der Waals surface area contributed by atoms with Crippen LogP contribution in [0.25, 0.3) is 10.4 Å². The summed E-state index contributed by atoms with van der Waals surface area (Å²) in [4.78, 5) is 15.7. The van der Waals surface area contributed by atoms with Gasteiger partial charge in [-0.2, -0.15) is 0 Å². The summed E-state index contributed by atoms with van der Waals surface area (Å²) in [5, 5.41) is 9.31. The summed E-state index contributed by atoms with van der Waals surface area (Å²) in [6, 6.07) is 8.15. The van der Waals surface area contributed by atoms with Gasteiger partial charge in [-0.3, -0.25) is 4.79 Å². The smallest absolute Gasteiger partial charge is 0.263 e. The van der Waals surface area contributed by atoms with E-state index in [1.54, 1.807) is 31.0 Å². The Morgan fingerprint density at radius 2 is 2.00 bits per heavy atom. The van der Waals surface area contributed by atoms with Crippen molar-refractivity contribution in [1.29, 1.82) is 0 Å². The third-order valence-corrected chi connectivity index (χ3v) is 4.74. The van der Waals surface area contributed by atoms with Gasteiger partial charge in [0.2, 0.25) is 0 Å². The lowest BCUT2D eigenvalue weighted by Crippen LogP contribution is -2.28. The lowest BCUT2D eigenvalue weighted by molar-refractivity contribution is 0.0773. The Bertz CT molecular complexity index is 649. The van der Waals surface area contributed by atoms with Gasteiger partial charge in [-0.25, -0.2) is 4.39 Å². The van der Waals surface area contributed by atoms with Gasteiger partial charge in [-0.1, -0.05) is 12.1 Å². The van der Waals surface area contributed by atoms with Gasteiger partial charge in [0, 0.05) is 18.5 Å². The van der Waals surface area contributed by atoms with Crippen molar-refractivity contribution in [2.75, 3.05) is 13.6 Å². The molecule has 1 heterocycles. The van der Waals surface area contributed by atoms with Gasteiger partial charge in [0.15, 0.2) is 0 Å². The molecule has 0 aliphatic rings. The highest BCUT2D eigenvalue weighted by molar-refractivity contribution is 7.17. The van der Waals surface area contributed by atoms with Crippen LogP contribution in [0.3, 0.4) is 0 Å². The van der Waals surface area contributed by atoms with Crippen molar-refractivity contribution in [2.45, 2.75) is 26.4 Å². The molecule has 0 radical (unpaired) electrons. The Balaban J connectivity index is 2.18. The van der Waals surface area contributed by atoms with Gasteiger partial charge in [0.1, 0.15) is 5.82 Å². The molecule has 5 heteroatoms. The summed E-state index contributed by atoms with van der Waals surface area (Å²) in [6.07, 6.45) is 0.132. The zero-order valence-corrected chi connectivity index (χ0v) is 13.8. The van der Waals surface area contributed by atoms with E-state index in [0.29, 0.717) is 17.8 Å². The van der Waals surface area contributed by atoms with E-state index in [4.69, 9.17) is 0 Å². The van der Waals surface area contributed by atoms with Crippen LogP contribution in [0, 0.1) is 12.7 Å². The maximum Gasteiger partial charge on any atom is 0.263 e. The van der Waals surface area contributed by atoms with Crippen LogP contribution in [0.4, 0.5) is 4.39 Å². The summed E-state index contributed by atoms with van der Waals surface area (Å²) in [5.41, 5.74) is 1.92. The molecular weight excluding hydrogens is 301 g/mol. The quantitative estimate of drug-likeness (QED) is 0.912. The van der Waals surface area contributed by atoms with Crippen LogP contribution in [-0.4, -0.2) is 35.6 Å². The molecule has 0 spiro atoms. The number of nitrogens with zero attached hydrogens (tertiary/aromatic N) is 1. The summed E-state index contributed by atoms with van der Waals surface area (Å²) in [5.74, 6) is -0.325. The molecule has 2 aromatic rings. The maximum absolute atomic E-state index is 13.0. The zero-order valence-electron chi connectivity index (χ0n) is 13.0. The highest BCUT2D eigenvalue weighted by atomic mass is 32.1. The Labute approximate surface area is 134 Å². The molecule has 0 saturated heterocycles. The first kappa shape index (κ1) is 16.6. The monoisotopic (exact) mass is 321 g/mol. The molecular formula is C17H20FNO2S. The van der Waals surface area contributed by atoms with E-state index in [9.17, 15) is 14.3 Å². The Kier molecular flexibility index (Phi) is 5.32. The van der Waals surface area contributed by atoms with Gasteiger partial charge in [0.25, 0.3) is 5.91 Å². The second-order valence-corrected chi connectivity index (χ2v) is 6.55. The molecule has 2 rings (SSSR count). The first-order chi connectivity index (χ1) is 10.4. The van der Waals surface area contributed by atoms with Crippen molar-refractivity contribution < 1.29 is 14.3 Å². The molecule has 1 unspecified atom stereocenters. The molecule has 0 saturated carbocycles. The number of benzene rings is 1. The summed E-state index contributed by atoms with van der Waals surface area (Å²) < 4.78 is 13.0. The maximum atomic E-state index is 13.0. The second kappa shape index (κ2) is 7.03. The average molecular weight is 321 g/mol. The highest BCUT2D eigenvalue weighted by Gasteiger charge is 2.17. The number of hydrogen-bond acceptors (Lipinski definition) is 3. The number of rotatable bonds is 5. The lowest BCUT2D eigenvalue weighted by atomic mass is 10.1. The van der Waals surface area contributed by atoms with Crippen molar-refractivity contribution in [2.24, 2.45) is 0 Å². The molecule has 3 nitrogen and oxygen atoms in total. The van der Waals surface area contributed by atoms with E-state index in [1.165, 1.54) is 23.5 Å². The van der Waals surface area contributed by atoms with E-state index >= 15 is 0 Å². The van der Waals surface area contributed by atoms with E-state index in [1.807, 2.05) is 13.0 Å². The van der Waals surface area contributed by atoms with E-state index in [2.05, 4.69) is 0 Å². The van der Waals surface area contributed by atoms with Crippen LogP contribution >= 0.6 is 11.3 Å². The fourth-order valence-electron chi connectivity index (χ4n) is 2.15. The van der Waals surface area contributed by atoms with Crippen LogP contribution in [0.15, 0.2) is 30.3 Å². The lowest BCUT2D eigenvalue weighted by Gasteiger charge is -2.16. The topological polar surface area (TPSA) is 40.5 Å². The number of aryl methyl sites for hydroxylation is 1. The number of halogens is 1. The van der Waals surface area contributed by atoms with Crippen molar-refractivity contribution >= 4 is 17.2 Å². The average Bonchev–Trinajstić information content (AvgIpc) is 2.86. The number of aliphatic hydroxyl groups excluding tert-OH is 1. The van der Waals surface area contributed by atoms with Crippen LogP contribution < -0.4 is 0 Å². The minimum absolute atomic E-state index is 0.0536. The fourth-order valence-corrected chi connectivity index (χ4v) is 3.32. The SMILES string of the molecule is Cc1cc(C(=O)N(C)CCC(C)O)sc1-c1ccc(F)cc1. The van der Waals surface area contributed by atoms with Gasteiger partial charge in [-0.05, 0) is 49.6 Å². The molecule has 1 aromatic heterocycles. The predicted octanol–water partition coefficient (Wildman–Crippen LogP) is 3.71. The zero-order chi connectivity index (χ0) is 16.3. The van der Waals surface area contributed by atoms with E-state index in [0.717, 1.165) is 16.0 Å². The van der Waals surface area contributed by atoms with Crippen LogP contribution in [0.2, 0.25) is 0 Å². The number of thiophene rings is 1. The molecule has 1 N–H and O–H groups in total. The Hall–Kier alpha value is -1.72. The number of hydrogen-bond donors (Lipinski definition) is 1. The highest BCUT2D eigenvalue weighted by Crippen LogP contribution is 2.33. The minimum atomic E-state index is -0.421. The number of aliphatic hydroxyl groups is 1. The molecule has 1 aromatic carbocycles. The molecule has 0 aliphatic heterocycles. The molecule has 0 fully saturated rings. The molecule has 1 amide bonds. The fraction of sp³-hybridized carbons (Fsp3) is 0.353. The minimum Gasteiger partial charge on any atom is -0.393 e. The van der Waals surface area contributed by atoms with Crippen molar-refractivity contribution in [1.82, 2.24) is 4.90 Å². The standard InChI is InChI=1S/C17H20FNO2S/c1-11-10-15(17(21)19(3)9-8-12(2)20)22-16(11)13-4-6-14(18)7-5-13/h4-7,10,12,20H,8-9H2,1-3H3. The van der Waals surface area contributed by atoms with Crippen molar-refractivity contribution in [3.63, 3.8) is 0 Å². The van der Waals surface area contributed by atoms with E-state index < -0.39 is 6.10 Å². The Morgan fingerprint density at radius 1 is 1.36 bits per heavy atom. The van der Waals surface area contributed by atoms with Gasteiger partial charge < -0.3 is 10.0 Å². The van der Waals surface area contributed by atoms with Gasteiger partial charge >= 0.3 is 0 Å². The van der Waals surface area contributed by atoms with E-state index in [-0.39, 0.29) is 11.7 Å². The third kappa shape index (κ3) is 3.93. The van der Waals surface area contributed by atoms with Crippen LogP contribution in [0.1, 0.15) is 28.6 Å². The van der Waals surface area contributed by atoms with Gasteiger partial charge in [-0.15, -0.1) is 11.3 Å².